The number of anilines is 1. The van der Waals surface area contributed by atoms with Crippen molar-refractivity contribution in [1.82, 2.24) is 4.98 Å². The highest BCUT2D eigenvalue weighted by Crippen LogP contribution is 2.30. The number of hydrogen-bond acceptors (Lipinski definition) is 6. The Morgan fingerprint density at radius 1 is 1.59 bits per heavy atom. The molecule has 1 aliphatic heterocycles. The van der Waals surface area contributed by atoms with E-state index in [1.54, 1.807) is 18.4 Å². The lowest BCUT2D eigenvalue weighted by Crippen LogP contribution is -2.36. The van der Waals surface area contributed by atoms with Crippen molar-refractivity contribution in [3.63, 3.8) is 0 Å². The number of thiazole rings is 1. The van der Waals surface area contributed by atoms with E-state index in [0.717, 1.165) is 34.5 Å². The van der Waals surface area contributed by atoms with Gasteiger partial charge in [0.25, 0.3) is 0 Å². The number of ether oxygens (including phenoxy) is 1. The fourth-order valence-corrected chi connectivity index (χ4v) is 3.84. The van der Waals surface area contributed by atoms with Crippen LogP contribution >= 0.6 is 23.1 Å². The maximum absolute atomic E-state index is 9.30. The number of thioether (sulfide) groups is 1. The third kappa shape index (κ3) is 3.13. The molecule has 96 valence electrons. The van der Waals surface area contributed by atoms with E-state index in [-0.39, 0.29) is 6.61 Å². The second kappa shape index (κ2) is 6.04. The van der Waals surface area contributed by atoms with Gasteiger partial charge < -0.3 is 14.7 Å². The maximum atomic E-state index is 9.30. The molecular formula is C11H18N2O2S2. The van der Waals surface area contributed by atoms with Gasteiger partial charge in [0.05, 0.1) is 23.8 Å². The minimum atomic E-state index is 0.0501. The Balaban J connectivity index is 2.14. The Morgan fingerprint density at radius 3 is 3.06 bits per heavy atom. The normalized spacial score (nSPS) is 20.9. The molecular weight excluding hydrogens is 256 g/mol. The summed E-state index contributed by atoms with van der Waals surface area (Å²) >= 11 is 3.59. The molecule has 1 fully saturated rings. The van der Waals surface area contributed by atoms with Crippen molar-refractivity contribution < 1.29 is 9.84 Å². The van der Waals surface area contributed by atoms with Crippen LogP contribution < -0.4 is 4.90 Å². The summed E-state index contributed by atoms with van der Waals surface area (Å²) in [6.45, 7) is 4.85. The molecule has 1 aliphatic rings. The lowest BCUT2D eigenvalue weighted by atomic mass is 10.4. The molecule has 2 rings (SSSR count). The van der Waals surface area contributed by atoms with Gasteiger partial charge in [-0.25, -0.2) is 4.98 Å². The largest absolute Gasteiger partial charge is 0.391 e. The van der Waals surface area contributed by atoms with E-state index in [0.29, 0.717) is 11.9 Å². The molecule has 1 unspecified atom stereocenters. The number of nitrogens with zero attached hydrogens (tertiary/aromatic N) is 2. The molecule has 0 aliphatic carbocycles. The van der Waals surface area contributed by atoms with E-state index in [1.807, 2.05) is 11.8 Å². The highest BCUT2D eigenvalue weighted by Gasteiger charge is 2.21. The van der Waals surface area contributed by atoms with Gasteiger partial charge >= 0.3 is 0 Å². The Labute approximate surface area is 110 Å². The zero-order valence-corrected chi connectivity index (χ0v) is 11.8. The van der Waals surface area contributed by atoms with Crippen LogP contribution in [0.15, 0.2) is 0 Å². The van der Waals surface area contributed by atoms with Crippen molar-refractivity contribution in [2.24, 2.45) is 0 Å². The van der Waals surface area contributed by atoms with Crippen molar-refractivity contribution in [3.05, 3.63) is 10.6 Å². The van der Waals surface area contributed by atoms with E-state index in [9.17, 15) is 5.11 Å². The van der Waals surface area contributed by atoms with Gasteiger partial charge in [-0.2, -0.15) is 11.8 Å². The number of methoxy groups -OCH3 is 1. The predicted molar refractivity (Wildman–Crippen MR) is 72.9 cm³/mol. The summed E-state index contributed by atoms with van der Waals surface area (Å²) in [6.07, 6.45) is 0. The Morgan fingerprint density at radius 2 is 2.41 bits per heavy atom. The third-order valence-electron chi connectivity index (χ3n) is 2.70. The standard InChI is InChI=1S/C11H18N2O2S2/c1-8-5-13(3-4-16-8)11-12-9(7-15-2)10(6-14)17-11/h8,14H,3-7H2,1-2H3. The second-order valence-corrected chi connectivity index (χ2v) is 6.69. The number of hydrogen-bond donors (Lipinski definition) is 1. The average molecular weight is 274 g/mol. The van der Waals surface area contributed by atoms with E-state index < -0.39 is 0 Å². The molecule has 0 amide bonds. The molecule has 2 heterocycles. The molecule has 1 aromatic heterocycles. The quantitative estimate of drug-likeness (QED) is 0.906. The maximum Gasteiger partial charge on any atom is 0.186 e. The van der Waals surface area contributed by atoms with Gasteiger partial charge in [-0.05, 0) is 0 Å². The number of aliphatic hydroxyl groups is 1. The minimum Gasteiger partial charge on any atom is -0.391 e. The summed E-state index contributed by atoms with van der Waals surface area (Å²) in [7, 11) is 1.65. The molecule has 17 heavy (non-hydrogen) atoms. The van der Waals surface area contributed by atoms with Gasteiger partial charge in [0.1, 0.15) is 0 Å². The second-order valence-electron chi connectivity index (χ2n) is 4.08. The van der Waals surface area contributed by atoms with E-state index in [2.05, 4.69) is 16.8 Å². The highest BCUT2D eigenvalue weighted by molar-refractivity contribution is 8.00. The van der Waals surface area contributed by atoms with E-state index >= 15 is 0 Å². The first-order valence-electron chi connectivity index (χ1n) is 5.69. The van der Waals surface area contributed by atoms with Crippen LogP contribution in [0.4, 0.5) is 5.13 Å². The fraction of sp³-hybridized carbons (Fsp3) is 0.727. The number of aliphatic hydroxyl groups excluding tert-OH is 1. The monoisotopic (exact) mass is 274 g/mol. The molecule has 1 N–H and O–H groups in total. The van der Waals surface area contributed by atoms with Crippen LogP contribution in [0.3, 0.4) is 0 Å². The van der Waals surface area contributed by atoms with E-state index in [4.69, 9.17) is 4.74 Å². The molecule has 1 atom stereocenters. The van der Waals surface area contributed by atoms with Crippen molar-refractivity contribution in [1.29, 1.82) is 0 Å². The van der Waals surface area contributed by atoms with Crippen LogP contribution in [0, 0.1) is 0 Å². The summed E-state index contributed by atoms with van der Waals surface area (Å²) in [5.41, 5.74) is 0.876. The van der Waals surface area contributed by atoms with E-state index in [1.165, 1.54) is 0 Å². The SMILES string of the molecule is COCc1nc(N2CCSC(C)C2)sc1CO. The molecule has 1 aromatic rings. The molecule has 6 heteroatoms. The van der Waals surface area contributed by atoms with Crippen molar-refractivity contribution in [2.45, 2.75) is 25.4 Å². The van der Waals surface area contributed by atoms with Gasteiger partial charge in [0.15, 0.2) is 5.13 Å². The third-order valence-corrected chi connectivity index (χ3v) is 4.98. The first kappa shape index (κ1) is 13.1. The summed E-state index contributed by atoms with van der Waals surface area (Å²) in [6, 6.07) is 0. The van der Waals surface area contributed by atoms with Crippen LogP contribution in [-0.2, 0) is 18.0 Å². The zero-order chi connectivity index (χ0) is 12.3. The molecule has 0 radical (unpaired) electrons. The highest BCUT2D eigenvalue weighted by atomic mass is 32.2. The number of rotatable bonds is 4. The Hall–Kier alpha value is -0.300. The van der Waals surface area contributed by atoms with Crippen molar-refractivity contribution >= 4 is 28.2 Å². The first-order valence-corrected chi connectivity index (χ1v) is 7.56. The minimum absolute atomic E-state index is 0.0501. The number of aromatic nitrogens is 1. The van der Waals surface area contributed by atoms with Gasteiger partial charge in [0.2, 0.25) is 0 Å². The zero-order valence-electron chi connectivity index (χ0n) is 10.2. The van der Waals surface area contributed by atoms with Crippen molar-refractivity contribution in [2.75, 3.05) is 30.9 Å². The lowest BCUT2D eigenvalue weighted by molar-refractivity contribution is 0.179. The van der Waals surface area contributed by atoms with Crippen molar-refractivity contribution in [3.8, 4) is 0 Å². The topological polar surface area (TPSA) is 45.6 Å². The van der Waals surface area contributed by atoms with Crippen LogP contribution in [0.5, 0.6) is 0 Å². The predicted octanol–water partition coefficient (Wildman–Crippen LogP) is 1.72. The van der Waals surface area contributed by atoms with Crippen LogP contribution in [0.2, 0.25) is 0 Å². The molecule has 0 spiro atoms. The van der Waals surface area contributed by atoms with Crippen LogP contribution in [-0.4, -0.2) is 41.3 Å². The Bertz CT molecular complexity index is 370. The molecule has 0 saturated carbocycles. The Kier molecular flexibility index (Phi) is 4.67. The van der Waals surface area contributed by atoms with Crippen LogP contribution in [0.1, 0.15) is 17.5 Å². The fourth-order valence-electron chi connectivity index (χ4n) is 1.87. The van der Waals surface area contributed by atoms with Crippen LogP contribution in [0.25, 0.3) is 0 Å². The van der Waals surface area contributed by atoms with Gasteiger partial charge in [-0.15, -0.1) is 0 Å². The molecule has 0 bridgehead atoms. The summed E-state index contributed by atoms with van der Waals surface area (Å²) < 4.78 is 5.10. The smallest absolute Gasteiger partial charge is 0.186 e. The average Bonchev–Trinajstić information content (AvgIpc) is 2.73. The summed E-state index contributed by atoms with van der Waals surface area (Å²) in [4.78, 5) is 7.81. The molecule has 0 aromatic carbocycles. The first-order chi connectivity index (χ1) is 8.24. The molecule has 1 saturated heterocycles. The summed E-state index contributed by atoms with van der Waals surface area (Å²) in [5.74, 6) is 1.15. The lowest BCUT2D eigenvalue weighted by Gasteiger charge is -2.30. The van der Waals surface area contributed by atoms with Gasteiger partial charge in [-0.1, -0.05) is 18.3 Å². The van der Waals surface area contributed by atoms with Gasteiger partial charge in [0, 0.05) is 31.2 Å². The molecule has 4 nitrogen and oxygen atoms in total. The van der Waals surface area contributed by atoms with Gasteiger partial charge in [-0.3, -0.25) is 0 Å². The summed E-state index contributed by atoms with van der Waals surface area (Å²) in [5, 5.41) is 11.0.